The lowest BCUT2D eigenvalue weighted by Crippen LogP contribution is -2.61. The summed E-state index contributed by atoms with van der Waals surface area (Å²) in [5, 5.41) is 13.0. The highest BCUT2D eigenvalue weighted by Gasteiger charge is 2.49. The van der Waals surface area contributed by atoms with Gasteiger partial charge in [-0.15, -0.1) is 0 Å². The predicted octanol–water partition coefficient (Wildman–Crippen LogP) is 2.42. The van der Waals surface area contributed by atoms with Crippen molar-refractivity contribution in [3.63, 3.8) is 0 Å². The van der Waals surface area contributed by atoms with Crippen molar-refractivity contribution in [1.29, 1.82) is 0 Å². The Morgan fingerprint density at radius 3 is 2.68 bits per heavy atom. The largest absolute Gasteiger partial charge is 0.480 e. The summed E-state index contributed by atoms with van der Waals surface area (Å²) in [6.45, 7) is 8.01. The Labute approximate surface area is 115 Å². The molecule has 2 N–H and O–H groups in total. The van der Waals surface area contributed by atoms with Gasteiger partial charge in [0.2, 0.25) is 0 Å². The van der Waals surface area contributed by atoms with Crippen molar-refractivity contribution in [3.05, 3.63) is 0 Å². The lowest BCUT2D eigenvalue weighted by molar-refractivity contribution is -0.150. The average molecular weight is 269 g/mol. The van der Waals surface area contributed by atoms with E-state index in [1.165, 1.54) is 0 Å². The Balaban J connectivity index is 2.03. The zero-order valence-corrected chi connectivity index (χ0v) is 12.4. The summed E-state index contributed by atoms with van der Waals surface area (Å²) in [5.74, 6) is -0.552. The summed E-state index contributed by atoms with van der Waals surface area (Å²) >= 11 is 0. The number of carbonyl (C=O) groups is 1. The van der Waals surface area contributed by atoms with E-state index in [2.05, 4.69) is 26.1 Å². The first kappa shape index (κ1) is 14.8. The Morgan fingerprint density at radius 2 is 2.16 bits per heavy atom. The summed E-state index contributed by atoms with van der Waals surface area (Å²) < 4.78 is 5.59. The fraction of sp³-hybridized carbons (Fsp3) is 0.933. The molecule has 19 heavy (non-hydrogen) atoms. The zero-order chi connectivity index (χ0) is 14.1. The van der Waals surface area contributed by atoms with Crippen molar-refractivity contribution in [1.82, 2.24) is 5.32 Å². The van der Waals surface area contributed by atoms with Crippen LogP contribution < -0.4 is 5.32 Å². The topological polar surface area (TPSA) is 58.6 Å². The zero-order valence-electron chi connectivity index (χ0n) is 12.4. The van der Waals surface area contributed by atoms with Crippen LogP contribution in [-0.4, -0.2) is 35.9 Å². The van der Waals surface area contributed by atoms with E-state index in [4.69, 9.17) is 4.74 Å². The first-order valence-corrected chi connectivity index (χ1v) is 7.46. The third-order valence-corrected chi connectivity index (χ3v) is 4.95. The van der Waals surface area contributed by atoms with E-state index in [1.54, 1.807) is 0 Å². The van der Waals surface area contributed by atoms with Crippen LogP contribution in [0.5, 0.6) is 0 Å². The van der Waals surface area contributed by atoms with E-state index in [1.807, 2.05) is 0 Å². The molecule has 0 aromatic rings. The van der Waals surface area contributed by atoms with E-state index in [0.29, 0.717) is 13.0 Å². The molecule has 110 valence electrons. The molecule has 4 nitrogen and oxygen atoms in total. The molecule has 0 spiro atoms. The number of hydrogen-bond donors (Lipinski definition) is 2. The molecule has 3 unspecified atom stereocenters. The molecule has 0 amide bonds. The van der Waals surface area contributed by atoms with Crippen molar-refractivity contribution >= 4 is 5.97 Å². The second-order valence-corrected chi connectivity index (χ2v) is 7.06. The molecule has 1 saturated carbocycles. The molecule has 4 heteroatoms. The molecular weight excluding hydrogens is 242 g/mol. The van der Waals surface area contributed by atoms with Gasteiger partial charge in [0.15, 0.2) is 0 Å². The summed E-state index contributed by atoms with van der Waals surface area (Å²) in [7, 11) is 0. The van der Waals surface area contributed by atoms with Gasteiger partial charge in [-0.25, -0.2) is 0 Å². The quantitative estimate of drug-likeness (QED) is 0.823. The van der Waals surface area contributed by atoms with Gasteiger partial charge in [-0.2, -0.15) is 0 Å². The van der Waals surface area contributed by atoms with Gasteiger partial charge >= 0.3 is 5.97 Å². The number of nitrogens with one attached hydrogen (secondary N) is 1. The molecule has 2 aliphatic rings. The van der Waals surface area contributed by atoms with Crippen LogP contribution in [0.1, 0.15) is 52.9 Å². The number of carboxylic acid groups (broad SMARTS) is 1. The normalized spacial score (nSPS) is 38.3. The molecule has 1 aliphatic carbocycles. The Kier molecular flexibility index (Phi) is 4.21. The first-order chi connectivity index (χ1) is 8.86. The molecule has 1 aliphatic heterocycles. The Hall–Kier alpha value is -0.610. The highest BCUT2D eigenvalue weighted by molar-refractivity contribution is 5.79. The van der Waals surface area contributed by atoms with E-state index < -0.39 is 11.5 Å². The van der Waals surface area contributed by atoms with Crippen LogP contribution in [0.25, 0.3) is 0 Å². The lowest BCUT2D eigenvalue weighted by Gasteiger charge is -2.46. The van der Waals surface area contributed by atoms with E-state index in [9.17, 15) is 9.90 Å². The molecular formula is C15H27NO3. The summed E-state index contributed by atoms with van der Waals surface area (Å²) in [6.07, 6.45) is 4.96. The maximum Gasteiger partial charge on any atom is 0.324 e. The van der Waals surface area contributed by atoms with Gasteiger partial charge in [0.1, 0.15) is 5.54 Å². The monoisotopic (exact) mass is 269 g/mol. The second-order valence-electron chi connectivity index (χ2n) is 7.06. The molecule has 0 radical (unpaired) electrons. The second kappa shape index (κ2) is 5.41. The fourth-order valence-corrected chi connectivity index (χ4v) is 3.64. The number of rotatable bonds is 4. The molecule has 1 saturated heterocycles. The van der Waals surface area contributed by atoms with E-state index in [-0.39, 0.29) is 17.4 Å². The van der Waals surface area contributed by atoms with E-state index >= 15 is 0 Å². The molecule has 0 aromatic heterocycles. The van der Waals surface area contributed by atoms with Gasteiger partial charge in [0.25, 0.3) is 0 Å². The van der Waals surface area contributed by atoms with Crippen molar-refractivity contribution in [2.75, 3.05) is 13.2 Å². The first-order valence-electron chi connectivity index (χ1n) is 7.46. The van der Waals surface area contributed by atoms with Crippen molar-refractivity contribution in [2.24, 2.45) is 11.3 Å². The number of carboxylic acids is 1. The molecule has 1 heterocycles. The van der Waals surface area contributed by atoms with Crippen LogP contribution in [0.4, 0.5) is 0 Å². The van der Waals surface area contributed by atoms with E-state index in [0.717, 1.165) is 32.3 Å². The number of aliphatic carboxylic acids is 1. The standard InChI is InChI=1S/C15H27NO3/c1-11-9-14(2,3)6-7-15(11,13(17)18)16-10-12-5-4-8-19-12/h11-12,16H,4-10H2,1-3H3,(H,17,18). The number of ether oxygens (including phenoxy) is 1. The van der Waals surface area contributed by atoms with Gasteiger partial charge in [-0.05, 0) is 43.4 Å². The van der Waals surface area contributed by atoms with Crippen LogP contribution in [0.15, 0.2) is 0 Å². The SMILES string of the molecule is CC1CC(C)(C)CCC1(NCC1CCCO1)C(=O)O. The highest BCUT2D eigenvalue weighted by atomic mass is 16.5. The third-order valence-electron chi connectivity index (χ3n) is 4.95. The smallest absolute Gasteiger partial charge is 0.324 e. The molecule has 0 aromatic carbocycles. The summed E-state index contributed by atoms with van der Waals surface area (Å²) in [5.41, 5.74) is -0.509. The third kappa shape index (κ3) is 3.11. The van der Waals surface area contributed by atoms with Crippen LogP contribution in [0.2, 0.25) is 0 Å². The number of hydrogen-bond acceptors (Lipinski definition) is 3. The van der Waals surface area contributed by atoms with Gasteiger partial charge in [-0.3, -0.25) is 10.1 Å². The van der Waals surface area contributed by atoms with Gasteiger partial charge in [0.05, 0.1) is 6.10 Å². The lowest BCUT2D eigenvalue weighted by atomic mass is 9.63. The van der Waals surface area contributed by atoms with Crippen molar-refractivity contribution < 1.29 is 14.6 Å². The van der Waals surface area contributed by atoms with Gasteiger partial charge in [-0.1, -0.05) is 20.8 Å². The molecule has 3 atom stereocenters. The predicted molar refractivity (Wildman–Crippen MR) is 74.1 cm³/mol. The van der Waals surface area contributed by atoms with Crippen LogP contribution in [-0.2, 0) is 9.53 Å². The summed E-state index contributed by atoms with van der Waals surface area (Å²) in [6, 6.07) is 0. The van der Waals surface area contributed by atoms with Crippen molar-refractivity contribution in [2.45, 2.75) is 64.5 Å². The average Bonchev–Trinajstić information content (AvgIpc) is 2.80. The molecule has 2 fully saturated rings. The minimum absolute atomic E-state index is 0.148. The van der Waals surface area contributed by atoms with Gasteiger partial charge < -0.3 is 9.84 Å². The Morgan fingerprint density at radius 1 is 1.42 bits per heavy atom. The molecule has 0 bridgehead atoms. The summed E-state index contributed by atoms with van der Waals surface area (Å²) in [4.78, 5) is 11.8. The van der Waals surface area contributed by atoms with Crippen LogP contribution in [0, 0.1) is 11.3 Å². The maximum absolute atomic E-state index is 11.8. The fourth-order valence-electron chi connectivity index (χ4n) is 3.64. The van der Waals surface area contributed by atoms with Crippen LogP contribution >= 0.6 is 0 Å². The molecule has 2 rings (SSSR count). The minimum atomic E-state index is -0.762. The van der Waals surface area contributed by atoms with Crippen molar-refractivity contribution in [3.8, 4) is 0 Å². The van der Waals surface area contributed by atoms with Crippen LogP contribution in [0.3, 0.4) is 0 Å². The highest BCUT2D eigenvalue weighted by Crippen LogP contribution is 2.44. The Bertz CT molecular complexity index is 336. The maximum atomic E-state index is 11.8. The van der Waals surface area contributed by atoms with Gasteiger partial charge in [0, 0.05) is 13.2 Å². The minimum Gasteiger partial charge on any atom is -0.480 e.